The number of carboxylic acid groups (broad SMARTS) is 3. The summed E-state index contributed by atoms with van der Waals surface area (Å²) >= 11 is 1.35. The molecule has 804 valence electrons. The summed E-state index contributed by atoms with van der Waals surface area (Å²) < 4.78 is 6.73. The van der Waals surface area contributed by atoms with Gasteiger partial charge in [0.25, 0.3) is 0 Å². The molecule has 0 saturated carbocycles. The largest absolute Gasteiger partial charge is 0.481 e. The number of nitrogens with zero attached hydrogens (tertiary/aromatic N) is 2. The van der Waals surface area contributed by atoms with Crippen molar-refractivity contribution in [1.82, 2.24) is 89.6 Å². The Morgan fingerprint density at radius 3 is 1.73 bits per heavy atom. The van der Waals surface area contributed by atoms with Crippen molar-refractivity contribution in [3.05, 3.63) is 166 Å². The van der Waals surface area contributed by atoms with Crippen molar-refractivity contribution in [1.29, 1.82) is 0 Å². The molecule has 43 nitrogen and oxygen atoms in total. The maximum atomic E-state index is 16.2. The number of rotatable bonds is 17. The Morgan fingerprint density at radius 2 is 1.07 bits per heavy atom. The number of ether oxygens (including phenoxy) is 1. The Kier molecular flexibility index (Phi) is 41.3. The molecule has 3 saturated heterocycles. The number of primary amides is 1. The van der Waals surface area contributed by atoms with Crippen molar-refractivity contribution in [2.75, 3.05) is 32.8 Å². The molecule has 18 amide bonds. The number of aromatic carboxylic acids is 1. The number of fused-ring (bicyclic) bond motifs is 4. The lowest BCUT2D eigenvalue weighted by molar-refractivity contribution is -0.146. The first-order chi connectivity index (χ1) is 70.6. The Morgan fingerprint density at radius 1 is 0.523 bits per heavy atom. The monoisotopic (exact) mass is 2080 g/mol. The van der Waals surface area contributed by atoms with Crippen LogP contribution in [-0.2, 0) is 122 Å². The van der Waals surface area contributed by atoms with Gasteiger partial charge in [0, 0.05) is 63.4 Å². The van der Waals surface area contributed by atoms with Crippen LogP contribution in [0.25, 0.3) is 10.1 Å². The number of benzene rings is 4. The zero-order chi connectivity index (χ0) is 109. The smallest absolute Gasteiger partial charge is 0.409 e. The Hall–Kier alpha value is -15.0. The maximum Gasteiger partial charge on any atom is 0.409 e. The lowest BCUT2D eigenvalue weighted by atomic mass is 9.83. The quantitative estimate of drug-likeness (QED) is 0.0595. The molecule has 0 aliphatic carbocycles. The van der Waals surface area contributed by atoms with E-state index in [4.69, 9.17) is 10.5 Å². The van der Waals surface area contributed by atoms with E-state index in [1.165, 1.54) is 75.1 Å². The third-order valence-electron chi connectivity index (χ3n) is 27.1. The number of carbonyl (C=O) groups is 21. The normalized spacial score (nSPS) is 26.4. The molecule has 1 aromatic heterocycles. The van der Waals surface area contributed by atoms with Crippen molar-refractivity contribution in [2.45, 2.75) is 305 Å². The average Bonchev–Trinajstić information content (AvgIpc) is 1.64. The van der Waals surface area contributed by atoms with Crippen molar-refractivity contribution >= 4 is 146 Å². The summed E-state index contributed by atoms with van der Waals surface area (Å²) in [4.78, 5) is 310. The number of carboxylic acids is 3. The highest BCUT2D eigenvalue weighted by Crippen LogP contribution is 2.36. The minimum atomic E-state index is -2.24. The number of amides is 18. The van der Waals surface area contributed by atoms with Gasteiger partial charge < -0.3 is 115 Å². The Balaban J connectivity index is 1.06. The molecule has 20 N–H and O–H groups in total. The van der Waals surface area contributed by atoms with Crippen LogP contribution in [0.15, 0.2) is 133 Å². The number of nitrogens with one attached hydrogen (secondary N) is 15. The van der Waals surface area contributed by atoms with Gasteiger partial charge in [0.2, 0.25) is 100 Å². The van der Waals surface area contributed by atoms with Crippen LogP contribution in [0.4, 0.5) is 4.79 Å². The molecule has 4 aromatic carbocycles. The summed E-state index contributed by atoms with van der Waals surface area (Å²) in [5, 5.41) is 73.9. The van der Waals surface area contributed by atoms with Gasteiger partial charge in [-0.3, -0.25) is 91.1 Å². The second-order valence-electron chi connectivity index (χ2n) is 40.5. The predicted molar refractivity (Wildman–Crippen MR) is 545 cm³/mol. The number of thiophene rings is 1. The number of carbonyl (C=O) groups excluding carboxylic acids is 18. The molecule has 14 atom stereocenters. The molecule has 5 aromatic rings. The second kappa shape index (κ2) is 53.0. The third-order valence-corrected chi connectivity index (χ3v) is 28.1. The first-order valence-corrected chi connectivity index (χ1v) is 51.1. The molecule has 1 unspecified atom stereocenters. The molecule has 5 aliphatic heterocycles. The number of allylic oxidation sites excluding steroid dienone is 3. The molecule has 0 radical (unpaired) electrons. The van der Waals surface area contributed by atoms with Crippen LogP contribution in [0.5, 0.6) is 0 Å². The fourth-order valence-corrected chi connectivity index (χ4v) is 19.7. The van der Waals surface area contributed by atoms with E-state index in [0.717, 1.165) is 9.60 Å². The lowest BCUT2D eigenvalue weighted by Gasteiger charge is -2.38. The molecular formula is C105H138N18O25S. The van der Waals surface area contributed by atoms with Gasteiger partial charge >= 0.3 is 24.0 Å². The summed E-state index contributed by atoms with van der Waals surface area (Å²) in [5.74, 6) is -21.4. The van der Waals surface area contributed by atoms with Crippen molar-refractivity contribution in [3.63, 3.8) is 0 Å². The van der Waals surface area contributed by atoms with E-state index in [-0.39, 0.29) is 153 Å². The maximum absolute atomic E-state index is 16.2. The molecule has 3 bridgehead atoms. The number of cyclic esters (lactones) is 1. The first kappa shape index (κ1) is 116. The first-order valence-electron chi connectivity index (χ1n) is 50.3. The molecule has 3 fully saturated rings. The van der Waals surface area contributed by atoms with Gasteiger partial charge in [0.1, 0.15) is 88.6 Å². The number of aryl methyl sites for hydroxylation is 1. The lowest BCUT2D eigenvalue weighted by Crippen LogP contribution is -2.66. The van der Waals surface area contributed by atoms with Crippen molar-refractivity contribution < 1.29 is 121 Å². The predicted octanol–water partition coefficient (Wildman–Crippen LogP) is 2.98. The molecule has 10 rings (SSSR count). The van der Waals surface area contributed by atoms with Crippen LogP contribution in [0, 0.1) is 12.3 Å². The average molecular weight is 2080 g/mol. The summed E-state index contributed by atoms with van der Waals surface area (Å²) in [6.45, 7) is 11.9. The minimum absolute atomic E-state index is 0.00296. The molecule has 5 aliphatic rings. The third kappa shape index (κ3) is 33.0. The topological polar surface area (TPSA) is 641 Å². The molecule has 44 heteroatoms. The van der Waals surface area contributed by atoms with E-state index in [1.54, 1.807) is 118 Å². The van der Waals surface area contributed by atoms with Crippen LogP contribution < -0.4 is 85.5 Å². The number of aliphatic carboxylic acids is 2. The van der Waals surface area contributed by atoms with Crippen molar-refractivity contribution in [2.24, 2.45) is 11.1 Å². The van der Waals surface area contributed by atoms with Gasteiger partial charge in [-0.2, -0.15) is 0 Å². The molecule has 3 spiro atoms. The van der Waals surface area contributed by atoms with E-state index in [9.17, 15) is 72.9 Å². The highest BCUT2D eigenvalue weighted by atomic mass is 32.1. The second-order valence-corrected chi connectivity index (χ2v) is 41.4. The van der Waals surface area contributed by atoms with E-state index in [2.05, 4.69) is 79.8 Å². The fourth-order valence-electron chi connectivity index (χ4n) is 18.7. The number of hydrogen-bond acceptors (Lipinski definition) is 23. The number of nitrogens with two attached hydrogens (primary N) is 1. The highest BCUT2D eigenvalue weighted by molar-refractivity contribution is 7.17. The minimum Gasteiger partial charge on any atom is -0.481 e. The van der Waals surface area contributed by atoms with Crippen LogP contribution in [0.1, 0.15) is 222 Å². The Bertz CT molecular complexity index is 5860. The standard InChI is InChI=1S/C105H138N18O25S/c1-61-31-19-20-35-67(61)54-76-89(135)114-75(55-69-59-149-80-39-22-21-37-70(69)80)88(134)111-72(86(132)108-62(2)84(106)130)40-41-81(125)107-47-27-23-38-71-92(138)121-104(98(145)116-76)46-49-122(60-104)100(147)148-50-28-15-11-10-12-24-42-103(43-25-13-14-26-44-105(45-30-48-123(105)64(4)124)99(146)118-78(57-83(128)129)91(137)115-79(94(140)120-103)58-101(5,6)7)97(144)117-77(56-82(126)127)90(136)113-74(53-66-34-29-36-68(51-66)95(141)142)93(139)119-102(8,9)96(143)109-63(3)85(131)112-73(87(133)110-71)52-65-32-17-16-18-33-65/h10-11,14,16-22,26,29,31-37,39,51,59,62-63,71-79H,12-13,15,23-25,27-28,30,38,40-50,52-58,60H2,1-9H3,(H2,106,130)(H,107,125)(H,108,132)(H,109,143)(H,110,133)(H,111,134)(H,112,131)(H,113,136)(H,114,135)(H,115,137)(H,116,145)(H,117,144)(H,118,146)(H,119,139)(H,120,140)(H,121,138)(H,126,127)(H,128,129)(H,141,142)/b11-10+,26-14+/t62-,63-,71-,72-,73-,74-,75-,76-,77-,78-,79-,103?,104-,105-/m0/s1. The van der Waals surface area contributed by atoms with Gasteiger partial charge in [0.15, 0.2) is 0 Å². The number of likely N-dealkylation sites (tertiary alicyclic amines) is 1. The van der Waals surface area contributed by atoms with Gasteiger partial charge in [-0.15, -0.1) is 11.3 Å². The van der Waals surface area contributed by atoms with E-state index < -0.39 is 257 Å². The van der Waals surface area contributed by atoms with Crippen LogP contribution in [-0.4, -0.2) is 271 Å². The zero-order valence-corrected chi connectivity index (χ0v) is 86.1. The molecule has 149 heavy (non-hydrogen) atoms. The SMILES string of the molecule is CC(=O)N1CCC[C@]12C/C=C/CCCC1(CCC/C=C/CCCOC(=O)N3CC[C@@]4(C3)NC(=O)[C@H](CCCCNC(=O)CC[C@@H](C(=O)N[C@@H](C)C(N)=O)NC(=O)[C@H](Cc3csc5ccccc35)NC(=O)[C@H](Cc3ccccc3C)NC4=O)NC(=O)[C@H](Cc3ccccc3)NC(=O)[C@H](C)NC(=O)C(C)(C)NC(=O)[C@H](Cc3cccc(C(=O)O)c3)NC(=O)[C@H](CC(=O)O)NC1=O)NC(=O)[C@H](CC(C)(C)C)NC(=O)[C@H](CC(=O)O)NC2=O. The van der Waals surface area contributed by atoms with Crippen LogP contribution in [0.3, 0.4) is 0 Å². The highest BCUT2D eigenvalue weighted by Gasteiger charge is 2.53. The summed E-state index contributed by atoms with van der Waals surface area (Å²) in [7, 11) is 0. The van der Waals surface area contributed by atoms with Gasteiger partial charge in [0.05, 0.1) is 31.6 Å². The molecule has 6 heterocycles. The number of hydrogen-bond donors (Lipinski definition) is 19. The fraction of sp³-hybridized carbons (Fsp3) is 0.514. The van der Waals surface area contributed by atoms with Gasteiger partial charge in [-0.05, 0) is 206 Å². The van der Waals surface area contributed by atoms with E-state index in [1.807, 2.05) is 18.2 Å². The van der Waals surface area contributed by atoms with Gasteiger partial charge in [-0.25, -0.2) is 9.59 Å². The van der Waals surface area contributed by atoms with E-state index >= 15 is 43.2 Å². The van der Waals surface area contributed by atoms with Crippen molar-refractivity contribution in [3.8, 4) is 0 Å². The van der Waals surface area contributed by atoms with Crippen LogP contribution in [0.2, 0.25) is 0 Å². The van der Waals surface area contributed by atoms with Gasteiger partial charge in [-0.1, -0.05) is 130 Å². The van der Waals surface area contributed by atoms with Crippen LogP contribution >= 0.6 is 11.3 Å². The zero-order valence-electron chi connectivity index (χ0n) is 85.3. The summed E-state index contributed by atoms with van der Waals surface area (Å²) in [6.07, 6.45) is 0.719. The Labute approximate surface area is 866 Å². The summed E-state index contributed by atoms with van der Waals surface area (Å²) in [5.41, 5.74) is -1.48. The molecular weight excluding hydrogens is 1950 g/mol. The van der Waals surface area contributed by atoms with E-state index in [0.29, 0.717) is 34.1 Å². The summed E-state index contributed by atoms with van der Waals surface area (Å²) in [6, 6.07) is 8.98.